The topological polar surface area (TPSA) is 65.0 Å². The summed E-state index contributed by atoms with van der Waals surface area (Å²) in [6.07, 6.45) is 0.400. The lowest BCUT2D eigenvalue weighted by molar-refractivity contribution is -0.137. The van der Waals surface area contributed by atoms with Gasteiger partial charge in [-0.25, -0.2) is 0 Å². The Hall–Kier alpha value is -3.25. The average Bonchev–Trinajstić information content (AvgIpc) is 2.70. The highest BCUT2D eigenvalue weighted by atomic mass is 28.4. The van der Waals surface area contributed by atoms with Gasteiger partial charge in [0, 0.05) is 6.42 Å². The molecular formula is C22H22O5Si. The first kappa shape index (κ1) is 19.5. The van der Waals surface area contributed by atoms with E-state index in [2.05, 4.69) is 0 Å². The lowest BCUT2D eigenvalue weighted by Crippen LogP contribution is -2.54. The molecule has 144 valence electrons. The largest absolute Gasteiger partial charge is 0.699 e. The number of carboxylic acids is 1. The molecule has 1 N–H and O–H groups in total. The number of rotatable bonds is 10. The highest BCUT2D eigenvalue weighted by molar-refractivity contribution is 6.63. The van der Waals surface area contributed by atoms with E-state index in [9.17, 15) is 4.79 Å². The van der Waals surface area contributed by atoms with Crippen molar-refractivity contribution in [1.29, 1.82) is 0 Å². The number of hydrogen-bond acceptors (Lipinski definition) is 4. The van der Waals surface area contributed by atoms with Crippen LogP contribution in [0.1, 0.15) is 12.8 Å². The highest BCUT2D eigenvalue weighted by Gasteiger charge is 2.49. The summed E-state index contributed by atoms with van der Waals surface area (Å²) in [5, 5.41) is 9.07. The molecule has 3 aromatic rings. The van der Waals surface area contributed by atoms with Gasteiger partial charge in [0.1, 0.15) is 17.2 Å². The summed E-state index contributed by atoms with van der Waals surface area (Å²) in [5.41, 5.74) is 0. The third-order valence-electron chi connectivity index (χ3n) is 3.92. The predicted octanol–water partition coefficient (Wildman–Crippen LogP) is 5.03. The minimum atomic E-state index is -3.35. The maximum absolute atomic E-state index is 11.1. The summed E-state index contributed by atoms with van der Waals surface area (Å²) in [6.45, 7) is 0. The van der Waals surface area contributed by atoms with Crippen LogP contribution in [0.3, 0.4) is 0 Å². The van der Waals surface area contributed by atoms with Gasteiger partial charge >= 0.3 is 14.8 Å². The first-order valence-corrected chi connectivity index (χ1v) is 11.0. The third-order valence-corrected chi connectivity index (χ3v) is 6.53. The molecule has 0 aromatic heterocycles. The zero-order valence-corrected chi connectivity index (χ0v) is 16.4. The number of carbonyl (C=O) groups is 1. The molecular weight excluding hydrogens is 372 g/mol. The normalized spacial score (nSPS) is 10.9. The number of aliphatic carboxylic acids is 1. The number of benzene rings is 3. The van der Waals surface area contributed by atoms with Gasteiger partial charge in [-0.1, -0.05) is 54.6 Å². The fourth-order valence-corrected chi connectivity index (χ4v) is 5.20. The van der Waals surface area contributed by atoms with Crippen LogP contribution in [-0.4, -0.2) is 19.9 Å². The zero-order chi connectivity index (χ0) is 19.7. The molecule has 0 saturated carbocycles. The summed E-state index contributed by atoms with van der Waals surface area (Å²) < 4.78 is 18.9. The molecule has 0 unspecified atom stereocenters. The maximum Gasteiger partial charge on any atom is 0.699 e. The van der Waals surface area contributed by atoms with Gasteiger partial charge in [-0.3, -0.25) is 4.79 Å². The van der Waals surface area contributed by atoms with Crippen LogP contribution in [0.2, 0.25) is 6.04 Å². The van der Waals surface area contributed by atoms with E-state index < -0.39 is 14.8 Å². The molecule has 0 radical (unpaired) electrons. The Morgan fingerprint density at radius 1 is 0.679 bits per heavy atom. The molecule has 0 bridgehead atoms. The van der Waals surface area contributed by atoms with Crippen molar-refractivity contribution in [3.8, 4) is 17.2 Å². The van der Waals surface area contributed by atoms with Crippen molar-refractivity contribution in [2.75, 3.05) is 0 Å². The fraction of sp³-hybridized carbons (Fsp3) is 0.136. The Labute approximate surface area is 165 Å². The van der Waals surface area contributed by atoms with E-state index in [1.54, 1.807) is 0 Å². The minimum Gasteiger partial charge on any atom is -0.483 e. The first-order chi connectivity index (χ1) is 13.7. The standard InChI is InChI=1S/C22H22O5Si/c23-22(24)17-10-18-28(25-19-11-4-1-5-12-19,26-20-13-6-2-7-14-20)27-21-15-8-3-9-16-21/h1-9,11-16H,10,17-18H2,(H,23,24). The van der Waals surface area contributed by atoms with Crippen LogP contribution in [0.4, 0.5) is 0 Å². The van der Waals surface area contributed by atoms with E-state index in [4.69, 9.17) is 18.4 Å². The monoisotopic (exact) mass is 394 g/mol. The van der Waals surface area contributed by atoms with E-state index in [1.807, 2.05) is 91.0 Å². The van der Waals surface area contributed by atoms with E-state index in [0.717, 1.165) is 0 Å². The molecule has 0 fully saturated rings. The van der Waals surface area contributed by atoms with Gasteiger partial charge in [0.15, 0.2) is 0 Å². The Morgan fingerprint density at radius 3 is 1.36 bits per heavy atom. The van der Waals surface area contributed by atoms with Gasteiger partial charge in [-0.2, -0.15) is 0 Å². The second-order valence-electron chi connectivity index (χ2n) is 6.18. The molecule has 3 rings (SSSR count). The quantitative estimate of drug-likeness (QED) is 0.489. The van der Waals surface area contributed by atoms with Crippen LogP contribution < -0.4 is 13.3 Å². The number of carboxylic acid groups (broad SMARTS) is 1. The average molecular weight is 394 g/mol. The molecule has 0 saturated heterocycles. The van der Waals surface area contributed by atoms with Crippen LogP contribution in [0.15, 0.2) is 91.0 Å². The number of para-hydroxylation sites is 3. The predicted molar refractivity (Wildman–Crippen MR) is 109 cm³/mol. The smallest absolute Gasteiger partial charge is 0.483 e. The van der Waals surface area contributed by atoms with Gasteiger partial charge in [0.25, 0.3) is 0 Å². The third kappa shape index (κ3) is 5.89. The Bertz CT molecular complexity index is 754. The summed E-state index contributed by atoms with van der Waals surface area (Å²) >= 11 is 0. The van der Waals surface area contributed by atoms with Crippen LogP contribution in [0.5, 0.6) is 17.2 Å². The molecule has 0 aliphatic carbocycles. The van der Waals surface area contributed by atoms with Crippen molar-refractivity contribution in [3.63, 3.8) is 0 Å². The Morgan fingerprint density at radius 2 is 1.04 bits per heavy atom. The van der Waals surface area contributed by atoms with Crippen LogP contribution in [-0.2, 0) is 4.79 Å². The molecule has 3 aromatic carbocycles. The zero-order valence-electron chi connectivity index (χ0n) is 15.4. The van der Waals surface area contributed by atoms with Crippen LogP contribution >= 0.6 is 0 Å². The molecule has 6 heteroatoms. The second-order valence-corrected chi connectivity index (χ2v) is 8.65. The van der Waals surface area contributed by atoms with E-state index >= 15 is 0 Å². The van der Waals surface area contributed by atoms with Gasteiger partial charge in [0.2, 0.25) is 0 Å². The van der Waals surface area contributed by atoms with Gasteiger partial charge in [-0.15, -0.1) is 0 Å². The lowest BCUT2D eigenvalue weighted by atomic mass is 10.3. The van der Waals surface area contributed by atoms with Crippen molar-refractivity contribution in [1.82, 2.24) is 0 Å². The SMILES string of the molecule is O=C(O)CCC[Si](Oc1ccccc1)(Oc1ccccc1)Oc1ccccc1. The van der Waals surface area contributed by atoms with E-state index in [1.165, 1.54) is 0 Å². The summed E-state index contributed by atoms with van der Waals surface area (Å²) in [4.78, 5) is 11.1. The van der Waals surface area contributed by atoms with Gasteiger partial charge in [0.05, 0.1) is 6.04 Å². The van der Waals surface area contributed by atoms with Crippen LogP contribution in [0.25, 0.3) is 0 Å². The Balaban J connectivity index is 1.93. The molecule has 0 atom stereocenters. The molecule has 28 heavy (non-hydrogen) atoms. The summed E-state index contributed by atoms with van der Waals surface area (Å²) in [6, 6.07) is 28.3. The molecule has 0 heterocycles. The molecule has 0 aliphatic heterocycles. The van der Waals surface area contributed by atoms with Crippen molar-refractivity contribution < 1.29 is 23.2 Å². The lowest BCUT2D eigenvalue weighted by Gasteiger charge is -2.30. The minimum absolute atomic E-state index is 0.0171. The van der Waals surface area contributed by atoms with Gasteiger partial charge < -0.3 is 18.4 Å². The van der Waals surface area contributed by atoms with Crippen molar-refractivity contribution in [3.05, 3.63) is 91.0 Å². The Kier molecular flexibility index (Phi) is 6.70. The summed E-state index contributed by atoms with van der Waals surface area (Å²) in [5.74, 6) is 1.01. The second kappa shape index (κ2) is 9.62. The molecule has 0 amide bonds. The first-order valence-electron chi connectivity index (χ1n) is 9.09. The highest BCUT2D eigenvalue weighted by Crippen LogP contribution is 2.27. The molecule has 0 aliphatic rings. The van der Waals surface area contributed by atoms with Crippen LogP contribution in [0, 0.1) is 0 Å². The van der Waals surface area contributed by atoms with Crippen molar-refractivity contribution >= 4 is 14.8 Å². The van der Waals surface area contributed by atoms with Crippen molar-refractivity contribution in [2.24, 2.45) is 0 Å². The summed E-state index contributed by atoms with van der Waals surface area (Å²) in [7, 11) is -3.35. The number of hydrogen-bond donors (Lipinski definition) is 1. The van der Waals surface area contributed by atoms with E-state index in [0.29, 0.717) is 29.7 Å². The van der Waals surface area contributed by atoms with Crippen molar-refractivity contribution in [2.45, 2.75) is 18.9 Å². The maximum atomic E-state index is 11.1. The molecule has 0 spiro atoms. The van der Waals surface area contributed by atoms with Gasteiger partial charge in [-0.05, 0) is 42.8 Å². The molecule has 5 nitrogen and oxygen atoms in total. The van der Waals surface area contributed by atoms with E-state index in [-0.39, 0.29) is 6.42 Å². The fourth-order valence-electron chi connectivity index (χ4n) is 2.68.